The summed E-state index contributed by atoms with van der Waals surface area (Å²) >= 11 is 1.98. The topological polar surface area (TPSA) is 15.8 Å². The van der Waals surface area contributed by atoms with Crippen LogP contribution in [0.5, 0.6) is 0 Å². The molecule has 1 unspecified atom stereocenters. The predicted molar refractivity (Wildman–Crippen MR) is 86.3 cm³/mol. The van der Waals surface area contributed by atoms with Crippen molar-refractivity contribution in [1.82, 2.24) is 4.98 Å². The molecule has 0 saturated carbocycles. The van der Waals surface area contributed by atoms with E-state index in [2.05, 4.69) is 59.6 Å². The maximum atomic E-state index is 3.54. The van der Waals surface area contributed by atoms with Crippen molar-refractivity contribution in [3.63, 3.8) is 0 Å². The first kappa shape index (κ1) is 12.1. The van der Waals surface area contributed by atoms with E-state index in [-0.39, 0.29) is 0 Å². The van der Waals surface area contributed by atoms with Crippen LogP contribution < -0.4 is 0 Å². The molecule has 0 bridgehead atoms. The minimum Gasteiger partial charge on any atom is -0.350 e. The summed E-state index contributed by atoms with van der Waals surface area (Å²) in [5.74, 6) is 0. The Morgan fingerprint density at radius 3 is 2.80 bits per heavy atom. The molecular formula is C18H17NS. The Hall–Kier alpha value is -1.67. The molecule has 1 aliphatic rings. The largest absolute Gasteiger partial charge is 0.350 e. The first-order valence-corrected chi connectivity index (χ1v) is 8.10. The average molecular weight is 279 g/mol. The summed E-state index contributed by atoms with van der Waals surface area (Å²) in [6.45, 7) is 0. The molecule has 0 amide bonds. The molecule has 1 heterocycles. The van der Waals surface area contributed by atoms with Gasteiger partial charge in [0.2, 0.25) is 0 Å². The van der Waals surface area contributed by atoms with Gasteiger partial charge in [-0.15, -0.1) is 11.8 Å². The maximum Gasteiger partial charge on any atom is 0.0738 e. The highest BCUT2D eigenvalue weighted by Crippen LogP contribution is 2.43. The molecule has 0 saturated heterocycles. The van der Waals surface area contributed by atoms with Crippen LogP contribution in [0.25, 0.3) is 10.9 Å². The van der Waals surface area contributed by atoms with Gasteiger partial charge in [0.05, 0.1) is 5.03 Å². The second-order valence-electron chi connectivity index (χ2n) is 5.42. The third-order valence-electron chi connectivity index (χ3n) is 4.09. The Bertz CT molecular complexity index is 711. The van der Waals surface area contributed by atoms with Crippen LogP contribution in [0.15, 0.2) is 59.6 Å². The summed E-state index contributed by atoms with van der Waals surface area (Å²) in [5.41, 5.74) is 4.30. The molecule has 0 fully saturated rings. The van der Waals surface area contributed by atoms with Crippen LogP contribution in [0.3, 0.4) is 0 Å². The lowest BCUT2D eigenvalue weighted by Gasteiger charge is -2.24. The highest BCUT2D eigenvalue weighted by molar-refractivity contribution is 7.99. The Morgan fingerprint density at radius 2 is 1.85 bits per heavy atom. The maximum absolute atomic E-state index is 3.54. The molecule has 1 nitrogen and oxygen atoms in total. The first-order chi connectivity index (χ1) is 9.90. The van der Waals surface area contributed by atoms with Gasteiger partial charge in [0, 0.05) is 16.2 Å². The minimum atomic E-state index is 0.591. The summed E-state index contributed by atoms with van der Waals surface area (Å²) in [4.78, 5) is 3.54. The van der Waals surface area contributed by atoms with Crippen molar-refractivity contribution in [2.24, 2.45) is 0 Å². The molecule has 2 aromatic carbocycles. The molecule has 20 heavy (non-hydrogen) atoms. The SMILES string of the molecule is c1ccc2c(c1)CCCC2Sc1cc2ccccc2[nH]1. The van der Waals surface area contributed by atoms with Gasteiger partial charge in [-0.3, -0.25) is 0 Å². The standard InChI is InChI=1S/C18H17NS/c1-3-9-15-13(6-1)8-5-11-17(15)20-18-12-14-7-2-4-10-16(14)19-18/h1-4,6-7,9-10,12,17,19H,5,8,11H2. The van der Waals surface area contributed by atoms with E-state index < -0.39 is 0 Å². The van der Waals surface area contributed by atoms with Gasteiger partial charge in [-0.1, -0.05) is 42.5 Å². The quantitative estimate of drug-likeness (QED) is 0.669. The van der Waals surface area contributed by atoms with Crippen molar-refractivity contribution in [2.75, 3.05) is 0 Å². The number of rotatable bonds is 2. The molecule has 100 valence electrons. The number of aryl methyl sites for hydroxylation is 1. The molecule has 1 N–H and O–H groups in total. The monoisotopic (exact) mass is 279 g/mol. The van der Waals surface area contributed by atoms with Gasteiger partial charge in [-0.05, 0) is 42.5 Å². The number of hydrogen-bond acceptors (Lipinski definition) is 1. The van der Waals surface area contributed by atoms with Gasteiger partial charge in [0.25, 0.3) is 0 Å². The normalized spacial score (nSPS) is 18.1. The van der Waals surface area contributed by atoms with Gasteiger partial charge in [-0.2, -0.15) is 0 Å². The van der Waals surface area contributed by atoms with Crippen LogP contribution >= 0.6 is 11.8 Å². The van der Waals surface area contributed by atoms with E-state index >= 15 is 0 Å². The first-order valence-electron chi connectivity index (χ1n) is 7.22. The zero-order valence-corrected chi connectivity index (χ0v) is 12.1. The summed E-state index contributed by atoms with van der Waals surface area (Å²) in [6.07, 6.45) is 3.81. The number of aromatic amines is 1. The molecular weight excluding hydrogens is 262 g/mol. The lowest BCUT2D eigenvalue weighted by atomic mass is 9.91. The summed E-state index contributed by atoms with van der Waals surface area (Å²) in [6, 6.07) is 19.7. The van der Waals surface area contributed by atoms with E-state index in [1.807, 2.05) is 11.8 Å². The zero-order valence-electron chi connectivity index (χ0n) is 11.3. The summed E-state index contributed by atoms with van der Waals surface area (Å²) < 4.78 is 0. The van der Waals surface area contributed by atoms with Gasteiger partial charge in [0.1, 0.15) is 0 Å². The van der Waals surface area contributed by atoms with E-state index in [0.29, 0.717) is 5.25 Å². The van der Waals surface area contributed by atoms with Crippen LogP contribution in [0.2, 0.25) is 0 Å². The molecule has 0 aliphatic heterocycles. The average Bonchev–Trinajstić information content (AvgIpc) is 2.90. The Morgan fingerprint density at radius 1 is 1.00 bits per heavy atom. The van der Waals surface area contributed by atoms with Crippen LogP contribution in [0.4, 0.5) is 0 Å². The highest BCUT2D eigenvalue weighted by Gasteiger charge is 2.21. The number of hydrogen-bond donors (Lipinski definition) is 1. The Kier molecular flexibility index (Phi) is 3.04. The van der Waals surface area contributed by atoms with Crippen molar-refractivity contribution >= 4 is 22.7 Å². The number of H-pyrrole nitrogens is 1. The van der Waals surface area contributed by atoms with Gasteiger partial charge in [-0.25, -0.2) is 0 Å². The lowest BCUT2D eigenvalue weighted by Crippen LogP contribution is -2.06. The molecule has 0 spiro atoms. The predicted octanol–water partition coefficient (Wildman–Crippen LogP) is 5.34. The second-order valence-corrected chi connectivity index (χ2v) is 6.66. The number of para-hydroxylation sites is 1. The molecule has 0 radical (unpaired) electrons. The van der Waals surface area contributed by atoms with Crippen LogP contribution in [0, 0.1) is 0 Å². The van der Waals surface area contributed by atoms with Crippen molar-refractivity contribution in [3.05, 3.63) is 65.7 Å². The fourth-order valence-corrected chi connectivity index (χ4v) is 4.41. The third kappa shape index (κ3) is 2.14. The molecule has 2 heteroatoms. The van der Waals surface area contributed by atoms with Gasteiger partial charge < -0.3 is 4.98 Å². The van der Waals surface area contributed by atoms with Gasteiger partial charge in [0.15, 0.2) is 0 Å². The van der Waals surface area contributed by atoms with Crippen molar-refractivity contribution in [2.45, 2.75) is 29.5 Å². The molecule has 3 aromatic rings. The van der Waals surface area contributed by atoms with Gasteiger partial charge >= 0.3 is 0 Å². The summed E-state index contributed by atoms with van der Waals surface area (Å²) in [5, 5.41) is 3.18. The lowest BCUT2D eigenvalue weighted by molar-refractivity contribution is 0.673. The highest BCUT2D eigenvalue weighted by atomic mass is 32.2. The Balaban J connectivity index is 1.66. The van der Waals surface area contributed by atoms with Crippen molar-refractivity contribution in [3.8, 4) is 0 Å². The number of nitrogens with one attached hydrogen (secondary N) is 1. The number of benzene rings is 2. The van der Waals surface area contributed by atoms with Crippen LogP contribution in [0.1, 0.15) is 29.2 Å². The molecule has 1 aromatic heterocycles. The van der Waals surface area contributed by atoms with E-state index in [1.54, 1.807) is 0 Å². The number of aromatic nitrogens is 1. The fraction of sp³-hybridized carbons (Fsp3) is 0.222. The van der Waals surface area contributed by atoms with Crippen LogP contribution in [-0.2, 0) is 6.42 Å². The van der Waals surface area contributed by atoms with Crippen molar-refractivity contribution in [1.29, 1.82) is 0 Å². The fourth-order valence-electron chi connectivity index (χ4n) is 3.10. The zero-order chi connectivity index (χ0) is 13.4. The van der Waals surface area contributed by atoms with Crippen LogP contribution in [-0.4, -0.2) is 4.98 Å². The Labute approximate surface area is 123 Å². The number of fused-ring (bicyclic) bond motifs is 2. The van der Waals surface area contributed by atoms with E-state index in [1.165, 1.54) is 46.3 Å². The third-order valence-corrected chi connectivity index (χ3v) is 5.34. The second kappa shape index (κ2) is 5.02. The van der Waals surface area contributed by atoms with E-state index in [0.717, 1.165) is 0 Å². The minimum absolute atomic E-state index is 0.591. The smallest absolute Gasteiger partial charge is 0.0738 e. The van der Waals surface area contributed by atoms with E-state index in [4.69, 9.17) is 0 Å². The molecule has 1 aliphatic carbocycles. The summed E-state index contributed by atoms with van der Waals surface area (Å²) in [7, 11) is 0. The van der Waals surface area contributed by atoms with E-state index in [9.17, 15) is 0 Å². The molecule has 1 atom stereocenters. The molecule has 4 rings (SSSR count). The number of thioether (sulfide) groups is 1. The van der Waals surface area contributed by atoms with Crippen molar-refractivity contribution < 1.29 is 0 Å².